The molecule has 3 N–H and O–H groups in total. The molecule has 0 aromatic carbocycles. The van der Waals surface area contributed by atoms with Crippen molar-refractivity contribution in [3.63, 3.8) is 0 Å². The lowest BCUT2D eigenvalue weighted by Gasteiger charge is -2.66. The molecule has 2 bridgehead atoms. The number of aliphatic carboxylic acids is 1. The molecule has 31 heavy (non-hydrogen) atoms. The van der Waals surface area contributed by atoms with Crippen LogP contribution in [0.1, 0.15) is 72.6 Å². The second kappa shape index (κ2) is 7.31. The van der Waals surface area contributed by atoms with Crippen LogP contribution in [0.15, 0.2) is 12.2 Å². The number of carbonyl (C=O) groups excluding carboxylic acids is 1. The van der Waals surface area contributed by atoms with E-state index in [0.29, 0.717) is 18.8 Å². The highest BCUT2D eigenvalue weighted by Gasteiger charge is 2.73. The van der Waals surface area contributed by atoms with Gasteiger partial charge in [0.1, 0.15) is 12.2 Å². The molecule has 10 unspecified atom stereocenters. The van der Waals surface area contributed by atoms with Crippen molar-refractivity contribution in [1.82, 2.24) is 0 Å². The Bertz CT molecular complexity index is 793. The average molecular weight is 435 g/mol. The predicted molar refractivity (Wildman–Crippen MR) is 115 cm³/mol. The topological polar surface area (TPSA) is 104 Å². The van der Waals surface area contributed by atoms with Crippen LogP contribution in [0, 0.1) is 39.9 Å². The fourth-order valence-electron chi connectivity index (χ4n) is 8.19. The third-order valence-electron chi connectivity index (χ3n) is 10.1. The first-order chi connectivity index (χ1) is 14.4. The second-order valence-corrected chi connectivity index (χ2v) is 11.4. The van der Waals surface area contributed by atoms with Crippen molar-refractivity contribution >= 4 is 11.9 Å². The molecule has 0 heterocycles. The van der Waals surface area contributed by atoms with Crippen molar-refractivity contribution < 1.29 is 29.6 Å². The lowest BCUT2D eigenvalue weighted by atomic mass is 9.39. The van der Waals surface area contributed by atoms with Gasteiger partial charge in [-0.2, -0.15) is 0 Å². The number of hydrogen-bond acceptors (Lipinski definition) is 5. The molecule has 0 saturated heterocycles. The van der Waals surface area contributed by atoms with E-state index in [0.717, 1.165) is 32.1 Å². The van der Waals surface area contributed by atoms with E-state index in [1.807, 2.05) is 13.8 Å². The van der Waals surface area contributed by atoms with Crippen molar-refractivity contribution in [2.24, 2.45) is 39.9 Å². The molecule has 6 nitrogen and oxygen atoms in total. The summed E-state index contributed by atoms with van der Waals surface area (Å²) in [5.74, 6) is -1.57. The van der Waals surface area contributed by atoms with E-state index in [1.165, 1.54) is 5.57 Å². The Morgan fingerprint density at radius 1 is 1.19 bits per heavy atom. The van der Waals surface area contributed by atoms with Crippen LogP contribution in [0.2, 0.25) is 0 Å². The number of esters is 1. The Morgan fingerprint density at radius 3 is 2.48 bits per heavy atom. The van der Waals surface area contributed by atoms with Gasteiger partial charge in [-0.1, -0.05) is 32.9 Å². The van der Waals surface area contributed by atoms with Gasteiger partial charge in [-0.25, -0.2) is 0 Å². The molecule has 174 valence electrons. The average Bonchev–Trinajstić information content (AvgIpc) is 2.96. The van der Waals surface area contributed by atoms with Crippen molar-refractivity contribution in [2.45, 2.75) is 91.0 Å². The van der Waals surface area contributed by atoms with Crippen molar-refractivity contribution in [3.8, 4) is 0 Å². The Kier molecular flexibility index (Phi) is 5.37. The minimum Gasteiger partial charge on any atom is -0.481 e. The van der Waals surface area contributed by atoms with Gasteiger partial charge in [0.2, 0.25) is 0 Å². The third-order valence-corrected chi connectivity index (χ3v) is 10.1. The highest BCUT2D eigenvalue weighted by atomic mass is 16.6. The number of carboxylic acids is 1. The van der Waals surface area contributed by atoms with Crippen molar-refractivity contribution in [1.29, 1.82) is 0 Å². The van der Waals surface area contributed by atoms with Crippen LogP contribution < -0.4 is 0 Å². The molecular weight excluding hydrogens is 396 g/mol. The Labute approximate surface area is 185 Å². The zero-order chi connectivity index (χ0) is 22.9. The van der Waals surface area contributed by atoms with Crippen LogP contribution >= 0.6 is 0 Å². The quantitative estimate of drug-likeness (QED) is 0.462. The van der Waals surface area contributed by atoms with Crippen LogP contribution in [0.4, 0.5) is 0 Å². The van der Waals surface area contributed by atoms with E-state index in [4.69, 9.17) is 4.74 Å². The first-order valence-electron chi connectivity index (χ1n) is 11.9. The van der Waals surface area contributed by atoms with Gasteiger partial charge in [0.25, 0.3) is 0 Å². The minimum atomic E-state index is -1.50. The van der Waals surface area contributed by atoms with Gasteiger partial charge in [0.05, 0.1) is 17.4 Å². The van der Waals surface area contributed by atoms with Gasteiger partial charge in [-0.05, 0) is 75.0 Å². The van der Waals surface area contributed by atoms with E-state index in [9.17, 15) is 24.9 Å². The van der Waals surface area contributed by atoms with Gasteiger partial charge < -0.3 is 20.1 Å². The number of carbonyl (C=O) groups is 2. The Balaban J connectivity index is 1.83. The zero-order valence-corrected chi connectivity index (χ0v) is 19.3. The Hall–Kier alpha value is -1.40. The molecule has 4 aliphatic rings. The van der Waals surface area contributed by atoms with Crippen LogP contribution in [0.5, 0.6) is 0 Å². The maximum atomic E-state index is 12.8. The normalized spacial score (nSPS) is 49.7. The maximum absolute atomic E-state index is 12.8. The molecule has 4 saturated carbocycles. The van der Waals surface area contributed by atoms with Gasteiger partial charge in [0.15, 0.2) is 0 Å². The van der Waals surface area contributed by atoms with E-state index >= 15 is 0 Å². The van der Waals surface area contributed by atoms with Crippen LogP contribution in [0.3, 0.4) is 0 Å². The lowest BCUT2D eigenvalue weighted by molar-refractivity contribution is -0.278. The van der Waals surface area contributed by atoms with Crippen LogP contribution in [0.25, 0.3) is 0 Å². The molecule has 1 spiro atoms. The van der Waals surface area contributed by atoms with E-state index in [-0.39, 0.29) is 23.2 Å². The summed E-state index contributed by atoms with van der Waals surface area (Å²) < 4.78 is 5.99. The molecule has 4 rings (SSSR count). The lowest BCUT2D eigenvalue weighted by Crippen LogP contribution is -2.72. The highest BCUT2D eigenvalue weighted by Crippen LogP contribution is 2.72. The van der Waals surface area contributed by atoms with Gasteiger partial charge in [0, 0.05) is 5.41 Å². The number of aliphatic hydroxyl groups is 2. The fourth-order valence-corrected chi connectivity index (χ4v) is 8.19. The monoisotopic (exact) mass is 434 g/mol. The molecule has 0 amide bonds. The first kappa shape index (κ1) is 22.8. The number of carboxylic acid groups (broad SMARTS) is 1. The number of fused-ring (bicyclic) bond motifs is 3. The molecule has 4 fully saturated rings. The summed E-state index contributed by atoms with van der Waals surface area (Å²) in [4.78, 5) is 25.3. The zero-order valence-electron chi connectivity index (χ0n) is 19.3. The summed E-state index contributed by atoms with van der Waals surface area (Å²) in [6, 6.07) is 0. The molecule has 0 aromatic heterocycles. The molecule has 0 aliphatic heterocycles. The number of allylic oxidation sites excluding steroid dienone is 1. The molecule has 0 radical (unpaired) electrons. The number of rotatable bonds is 4. The van der Waals surface area contributed by atoms with E-state index in [2.05, 4.69) is 6.58 Å². The largest absolute Gasteiger partial charge is 0.481 e. The number of aliphatic hydroxyl groups excluding tert-OH is 2. The maximum Gasteiger partial charge on any atom is 0.312 e. The summed E-state index contributed by atoms with van der Waals surface area (Å²) >= 11 is 0. The van der Waals surface area contributed by atoms with Gasteiger partial charge in [-0.3, -0.25) is 9.59 Å². The highest BCUT2D eigenvalue weighted by molar-refractivity contribution is 5.76. The second-order valence-electron chi connectivity index (χ2n) is 11.4. The van der Waals surface area contributed by atoms with E-state index < -0.39 is 41.0 Å². The van der Waals surface area contributed by atoms with Crippen LogP contribution in [-0.2, 0) is 14.3 Å². The molecule has 4 aliphatic carbocycles. The summed E-state index contributed by atoms with van der Waals surface area (Å²) in [6.45, 7) is 11.6. The van der Waals surface area contributed by atoms with Crippen molar-refractivity contribution in [3.05, 3.63) is 12.2 Å². The van der Waals surface area contributed by atoms with E-state index in [1.54, 1.807) is 13.8 Å². The predicted octanol–water partition coefficient (Wildman–Crippen LogP) is 3.55. The third kappa shape index (κ3) is 2.90. The summed E-state index contributed by atoms with van der Waals surface area (Å²) in [7, 11) is 0. The summed E-state index contributed by atoms with van der Waals surface area (Å²) in [5, 5.41) is 32.5. The smallest absolute Gasteiger partial charge is 0.312 e. The Morgan fingerprint density at radius 2 is 1.87 bits per heavy atom. The number of hydrogen-bond donors (Lipinski definition) is 3. The fraction of sp³-hybridized carbons (Fsp3) is 0.840. The first-order valence-corrected chi connectivity index (χ1v) is 11.9. The molecule has 10 atom stereocenters. The standard InChI is InChI=1S/C25H38O6/c1-6-13(2)21(28)31-20-18(26)19(27)24(5,22(29)30)16-9-10-25-11-14(3)15(12-25)7-8-17(25)23(16,20)4/h13,15-20,26-27H,3,6-12H2,1-2,4-5H3,(H,29,30). The van der Waals surface area contributed by atoms with Gasteiger partial charge >= 0.3 is 11.9 Å². The number of ether oxygens (including phenoxy) is 1. The van der Waals surface area contributed by atoms with Crippen LogP contribution in [-0.4, -0.2) is 45.6 Å². The summed E-state index contributed by atoms with van der Waals surface area (Å²) in [6.07, 6.45) is 2.18. The minimum absolute atomic E-state index is 0.0215. The molecule has 6 heteroatoms. The van der Waals surface area contributed by atoms with Gasteiger partial charge in [-0.15, -0.1) is 0 Å². The SMILES string of the molecule is C=C1CC23CCC4C(C)(C(=O)O)C(O)C(O)C(OC(=O)C(C)CC)C4(C)C2CCC1C3. The van der Waals surface area contributed by atoms with Crippen molar-refractivity contribution in [2.75, 3.05) is 0 Å². The molecular formula is C25H38O6. The molecule has 0 aromatic rings. The summed E-state index contributed by atoms with van der Waals surface area (Å²) in [5.41, 5.74) is -0.923.